The zero-order chi connectivity index (χ0) is 15.4. The molecule has 0 spiro atoms. The van der Waals surface area contributed by atoms with E-state index in [1.165, 1.54) is 6.07 Å². The van der Waals surface area contributed by atoms with E-state index in [2.05, 4.69) is 26.2 Å². The van der Waals surface area contributed by atoms with E-state index in [4.69, 9.17) is 5.73 Å². The topological polar surface area (TPSA) is 111 Å². The molecule has 0 unspecified atom stereocenters. The molecule has 0 bridgehead atoms. The average molecular weight is 351 g/mol. The maximum Gasteiger partial charge on any atom is 0.300 e. The van der Waals surface area contributed by atoms with Crippen LogP contribution in [-0.4, -0.2) is 15.8 Å². The van der Waals surface area contributed by atoms with Crippen molar-refractivity contribution in [1.82, 2.24) is 10.3 Å². The monoisotopic (exact) mass is 350 g/mol. The minimum atomic E-state index is -0.666. The molecule has 1 amide bonds. The second-order valence-corrected chi connectivity index (χ2v) is 5.11. The molecule has 0 radical (unpaired) electrons. The number of halogens is 1. The van der Waals surface area contributed by atoms with Crippen LogP contribution in [0.2, 0.25) is 0 Å². The number of anilines is 1. The standard InChI is InChI=1S/C13H11BrN4O3/c14-9-3-1-2-8(4-9)6-17-13(19)10-5-12(15)16-7-11(10)18(20)21/h1-5,7H,6H2,(H2,15,16)(H,17,19). The summed E-state index contributed by atoms with van der Waals surface area (Å²) in [5, 5.41) is 13.5. The Bertz CT molecular complexity index is 706. The Morgan fingerprint density at radius 1 is 1.43 bits per heavy atom. The molecular formula is C13H11BrN4O3. The minimum Gasteiger partial charge on any atom is -0.384 e. The van der Waals surface area contributed by atoms with Crippen molar-refractivity contribution in [3.8, 4) is 0 Å². The van der Waals surface area contributed by atoms with Gasteiger partial charge < -0.3 is 11.1 Å². The summed E-state index contributed by atoms with van der Waals surface area (Å²) in [7, 11) is 0. The highest BCUT2D eigenvalue weighted by Gasteiger charge is 2.20. The van der Waals surface area contributed by atoms with Crippen molar-refractivity contribution in [1.29, 1.82) is 0 Å². The van der Waals surface area contributed by atoms with Gasteiger partial charge in [0.2, 0.25) is 0 Å². The van der Waals surface area contributed by atoms with Crippen LogP contribution in [0.4, 0.5) is 11.5 Å². The van der Waals surface area contributed by atoms with Crippen LogP contribution in [0.25, 0.3) is 0 Å². The molecular weight excluding hydrogens is 340 g/mol. The van der Waals surface area contributed by atoms with E-state index in [9.17, 15) is 14.9 Å². The van der Waals surface area contributed by atoms with Gasteiger partial charge in [0.25, 0.3) is 11.6 Å². The van der Waals surface area contributed by atoms with Crippen molar-refractivity contribution in [2.75, 3.05) is 5.73 Å². The van der Waals surface area contributed by atoms with Gasteiger partial charge in [-0.25, -0.2) is 4.98 Å². The largest absolute Gasteiger partial charge is 0.384 e. The highest BCUT2D eigenvalue weighted by Crippen LogP contribution is 2.19. The Morgan fingerprint density at radius 3 is 2.86 bits per heavy atom. The van der Waals surface area contributed by atoms with Gasteiger partial charge in [0.15, 0.2) is 0 Å². The molecule has 7 nitrogen and oxygen atoms in total. The fourth-order valence-corrected chi connectivity index (χ4v) is 2.16. The van der Waals surface area contributed by atoms with Gasteiger partial charge in [-0.05, 0) is 23.8 Å². The normalized spacial score (nSPS) is 10.1. The fourth-order valence-electron chi connectivity index (χ4n) is 1.72. The summed E-state index contributed by atoms with van der Waals surface area (Å²) in [6, 6.07) is 8.56. The number of nitrogens with one attached hydrogen (secondary N) is 1. The lowest BCUT2D eigenvalue weighted by Crippen LogP contribution is -2.24. The molecule has 1 aromatic heterocycles. The Kier molecular flexibility index (Phi) is 4.49. The van der Waals surface area contributed by atoms with Crippen LogP contribution < -0.4 is 11.1 Å². The van der Waals surface area contributed by atoms with Gasteiger partial charge in [-0.1, -0.05) is 28.1 Å². The minimum absolute atomic E-state index is 0.0493. The summed E-state index contributed by atoms with van der Waals surface area (Å²) in [6.45, 7) is 0.248. The number of nitro groups is 1. The summed E-state index contributed by atoms with van der Waals surface area (Å²) in [4.78, 5) is 25.9. The number of benzene rings is 1. The Hall–Kier alpha value is -2.48. The molecule has 1 aromatic carbocycles. The van der Waals surface area contributed by atoms with Crippen LogP contribution in [0.3, 0.4) is 0 Å². The van der Waals surface area contributed by atoms with Crippen LogP contribution in [0.15, 0.2) is 41.0 Å². The lowest BCUT2D eigenvalue weighted by molar-refractivity contribution is -0.385. The molecule has 108 valence electrons. The molecule has 8 heteroatoms. The molecule has 0 saturated heterocycles. The van der Waals surface area contributed by atoms with Crippen molar-refractivity contribution in [3.05, 3.63) is 62.2 Å². The van der Waals surface area contributed by atoms with Gasteiger partial charge in [-0.2, -0.15) is 0 Å². The van der Waals surface area contributed by atoms with Crippen LogP contribution in [0, 0.1) is 10.1 Å². The van der Waals surface area contributed by atoms with Crippen molar-refractivity contribution in [3.63, 3.8) is 0 Å². The number of hydrogen-bond acceptors (Lipinski definition) is 5. The summed E-state index contributed by atoms with van der Waals surface area (Å²) >= 11 is 3.33. The van der Waals surface area contributed by atoms with E-state index in [-0.39, 0.29) is 23.6 Å². The molecule has 0 fully saturated rings. The highest BCUT2D eigenvalue weighted by atomic mass is 79.9. The molecule has 0 saturated carbocycles. The highest BCUT2D eigenvalue weighted by molar-refractivity contribution is 9.10. The van der Waals surface area contributed by atoms with E-state index in [1.54, 1.807) is 0 Å². The molecule has 2 rings (SSSR count). The molecule has 2 aromatic rings. The summed E-state index contributed by atoms with van der Waals surface area (Å²) in [5.74, 6) is -0.524. The van der Waals surface area contributed by atoms with Crippen molar-refractivity contribution < 1.29 is 9.72 Å². The molecule has 0 atom stereocenters. The predicted molar refractivity (Wildman–Crippen MR) is 80.6 cm³/mol. The van der Waals surface area contributed by atoms with E-state index in [0.717, 1.165) is 16.2 Å². The first-order valence-electron chi connectivity index (χ1n) is 5.90. The second-order valence-electron chi connectivity index (χ2n) is 4.20. The van der Waals surface area contributed by atoms with Crippen LogP contribution in [0.1, 0.15) is 15.9 Å². The quantitative estimate of drug-likeness (QED) is 0.648. The summed E-state index contributed by atoms with van der Waals surface area (Å²) in [6.07, 6.45) is 0.976. The number of amides is 1. The first kappa shape index (κ1) is 14.9. The predicted octanol–water partition coefficient (Wildman–Crippen LogP) is 2.26. The molecule has 0 aliphatic heterocycles. The van der Waals surface area contributed by atoms with E-state index in [0.29, 0.717) is 0 Å². The Labute approximate surface area is 128 Å². The summed E-state index contributed by atoms with van der Waals surface area (Å²) in [5.41, 5.74) is 5.85. The van der Waals surface area contributed by atoms with Gasteiger partial charge in [0.05, 0.1) is 4.92 Å². The third-order valence-electron chi connectivity index (χ3n) is 2.69. The molecule has 3 N–H and O–H groups in total. The number of nitrogen functional groups attached to an aromatic ring is 1. The van der Waals surface area contributed by atoms with Crippen molar-refractivity contribution in [2.45, 2.75) is 6.54 Å². The first-order valence-corrected chi connectivity index (χ1v) is 6.69. The van der Waals surface area contributed by atoms with Gasteiger partial charge in [-0.3, -0.25) is 14.9 Å². The maximum absolute atomic E-state index is 12.1. The van der Waals surface area contributed by atoms with Gasteiger partial charge >= 0.3 is 0 Å². The first-order chi connectivity index (χ1) is 9.97. The average Bonchev–Trinajstić information content (AvgIpc) is 2.44. The number of aromatic nitrogens is 1. The number of carbonyl (C=O) groups excluding carboxylic acids is 1. The van der Waals surface area contributed by atoms with E-state index < -0.39 is 10.8 Å². The summed E-state index contributed by atoms with van der Waals surface area (Å²) < 4.78 is 0.883. The number of nitrogens with two attached hydrogens (primary N) is 1. The van der Waals surface area contributed by atoms with Crippen molar-refractivity contribution >= 4 is 33.3 Å². The second kappa shape index (κ2) is 6.31. The third-order valence-corrected chi connectivity index (χ3v) is 3.18. The lowest BCUT2D eigenvalue weighted by atomic mass is 10.2. The van der Waals surface area contributed by atoms with Crippen molar-refractivity contribution in [2.24, 2.45) is 0 Å². The number of carbonyl (C=O) groups is 1. The number of hydrogen-bond donors (Lipinski definition) is 2. The fraction of sp³-hybridized carbons (Fsp3) is 0.0769. The van der Waals surface area contributed by atoms with E-state index in [1.807, 2.05) is 24.3 Å². The number of nitrogens with zero attached hydrogens (tertiary/aromatic N) is 2. The number of pyridine rings is 1. The molecule has 0 aliphatic rings. The Balaban J connectivity index is 2.17. The number of rotatable bonds is 4. The SMILES string of the molecule is Nc1cc(C(=O)NCc2cccc(Br)c2)c([N+](=O)[O-])cn1. The zero-order valence-corrected chi connectivity index (χ0v) is 12.3. The van der Waals surface area contributed by atoms with Gasteiger partial charge in [0, 0.05) is 11.0 Å². The smallest absolute Gasteiger partial charge is 0.300 e. The Morgan fingerprint density at radius 2 is 2.19 bits per heavy atom. The van der Waals surface area contributed by atoms with Crippen LogP contribution in [-0.2, 0) is 6.54 Å². The molecule has 1 heterocycles. The van der Waals surface area contributed by atoms with Gasteiger partial charge in [0.1, 0.15) is 17.6 Å². The zero-order valence-electron chi connectivity index (χ0n) is 10.7. The van der Waals surface area contributed by atoms with Crippen LogP contribution in [0.5, 0.6) is 0 Å². The van der Waals surface area contributed by atoms with E-state index >= 15 is 0 Å². The maximum atomic E-state index is 12.1. The lowest BCUT2D eigenvalue weighted by Gasteiger charge is -2.06. The third kappa shape index (κ3) is 3.76. The molecule has 21 heavy (non-hydrogen) atoms. The van der Waals surface area contributed by atoms with Crippen LogP contribution >= 0.6 is 15.9 Å². The molecule has 0 aliphatic carbocycles. The van der Waals surface area contributed by atoms with Gasteiger partial charge in [-0.15, -0.1) is 0 Å².